The van der Waals surface area contributed by atoms with E-state index in [-0.39, 0.29) is 4.90 Å². The molecule has 0 saturated carbocycles. The van der Waals surface area contributed by atoms with Crippen LogP contribution in [0.4, 0.5) is 23.1 Å². The van der Waals surface area contributed by atoms with Crippen LogP contribution in [0.15, 0.2) is 59.8 Å². The molecular weight excluding hydrogens is 390 g/mol. The molecule has 2 heterocycles. The van der Waals surface area contributed by atoms with Gasteiger partial charge in [0.2, 0.25) is 16.0 Å². The number of nitrogens with one attached hydrogen (secondary N) is 2. The molecule has 0 bridgehead atoms. The van der Waals surface area contributed by atoms with Gasteiger partial charge < -0.3 is 10.6 Å². The number of rotatable bonds is 5. The van der Waals surface area contributed by atoms with Crippen molar-refractivity contribution < 1.29 is 8.42 Å². The standard InChI is InChI=1S/C19H19N7O2S/c1-12-10-21-19(24-14-4-3-5-16(8-14)29(20,27)28)25-18(12)23-15-7-6-13-11-22-26(2)17(13)9-15/h3-11H,1-2H3,(H2,20,27,28)(H2,21,23,24,25). The summed E-state index contributed by atoms with van der Waals surface area (Å²) in [4.78, 5) is 8.79. The molecule has 4 rings (SSSR count). The Kier molecular flexibility index (Phi) is 4.65. The molecule has 0 unspecified atom stereocenters. The zero-order valence-electron chi connectivity index (χ0n) is 15.8. The number of nitrogens with zero attached hydrogens (tertiary/aromatic N) is 4. The van der Waals surface area contributed by atoms with E-state index in [1.807, 2.05) is 38.4 Å². The van der Waals surface area contributed by atoms with Crippen molar-refractivity contribution in [3.63, 3.8) is 0 Å². The third-order valence-electron chi connectivity index (χ3n) is 4.40. The van der Waals surface area contributed by atoms with Crippen LogP contribution < -0.4 is 15.8 Å². The number of anilines is 4. The van der Waals surface area contributed by atoms with E-state index in [0.29, 0.717) is 17.5 Å². The maximum absolute atomic E-state index is 11.5. The molecule has 0 aliphatic rings. The van der Waals surface area contributed by atoms with Gasteiger partial charge in [-0.3, -0.25) is 4.68 Å². The average molecular weight is 409 g/mol. The van der Waals surface area contributed by atoms with Crippen molar-refractivity contribution in [2.75, 3.05) is 10.6 Å². The molecular formula is C19H19N7O2S. The van der Waals surface area contributed by atoms with Gasteiger partial charge >= 0.3 is 0 Å². The van der Waals surface area contributed by atoms with Crippen LogP contribution in [-0.4, -0.2) is 28.2 Å². The fourth-order valence-electron chi connectivity index (χ4n) is 2.87. The lowest BCUT2D eigenvalue weighted by atomic mass is 10.2. The molecule has 0 fully saturated rings. The zero-order valence-corrected chi connectivity index (χ0v) is 16.6. The number of fused-ring (bicyclic) bond motifs is 1. The first-order valence-electron chi connectivity index (χ1n) is 8.72. The molecule has 10 heteroatoms. The SMILES string of the molecule is Cc1cnc(Nc2cccc(S(N)(=O)=O)c2)nc1Nc1ccc2cnn(C)c2c1. The number of nitrogens with two attached hydrogens (primary N) is 1. The second kappa shape index (κ2) is 7.15. The molecule has 0 radical (unpaired) electrons. The Labute approximate surface area is 167 Å². The van der Waals surface area contributed by atoms with Crippen molar-refractivity contribution in [2.24, 2.45) is 12.2 Å². The second-order valence-corrected chi connectivity index (χ2v) is 8.15. The summed E-state index contributed by atoms with van der Waals surface area (Å²) in [6, 6.07) is 12.1. The molecule has 148 valence electrons. The summed E-state index contributed by atoms with van der Waals surface area (Å²) in [7, 11) is -1.90. The summed E-state index contributed by atoms with van der Waals surface area (Å²) >= 11 is 0. The number of primary sulfonamides is 1. The van der Waals surface area contributed by atoms with Crippen molar-refractivity contribution >= 4 is 44.1 Å². The highest BCUT2D eigenvalue weighted by molar-refractivity contribution is 7.89. The van der Waals surface area contributed by atoms with Crippen LogP contribution in [0.5, 0.6) is 0 Å². The quantitative estimate of drug-likeness (QED) is 0.462. The summed E-state index contributed by atoms with van der Waals surface area (Å²) in [5.74, 6) is 0.956. The van der Waals surface area contributed by atoms with Crippen LogP contribution in [-0.2, 0) is 17.1 Å². The van der Waals surface area contributed by atoms with Crippen LogP contribution in [0.1, 0.15) is 5.56 Å². The van der Waals surface area contributed by atoms with E-state index in [1.54, 1.807) is 23.0 Å². The highest BCUT2D eigenvalue weighted by Gasteiger charge is 2.10. The maximum Gasteiger partial charge on any atom is 0.238 e. The van der Waals surface area contributed by atoms with Gasteiger partial charge in [0.15, 0.2) is 0 Å². The van der Waals surface area contributed by atoms with E-state index in [1.165, 1.54) is 12.1 Å². The minimum Gasteiger partial charge on any atom is -0.340 e. The van der Waals surface area contributed by atoms with Gasteiger partial charge in [0, 0.05) is 35.6 Å². The lowest BCUT2D eigenvalue weighted by Gasteiger charge is -2.12. The molecule has 29 heavy (non-hydrogen) atoms. The third-order valence-corrected chi connectivity index (χ3v) is 5.31. The van der Waals surface area contributed by atoms with Gasteiger partial charge in [-0.15, -0.1) is 0 Å². The Morgan fingerprint density at radius 2 is 1.83 bits per heavy atom. The van der Waals surface area contributed by atoms with E-state index >= 15 is 0 Å². The number of aromatic nitrogens is 4. The highest BCUT2D eigenvalue weighted by atomic mass is 32.2. The largest absolute Gasteiger partial charge is 0.340 e. The van der Waals surface area contributed by atoms with Crippen LogP contribution in [0.25, 0.3) is 10.9 Å². The minimum atomic E-state index is -3.79. The first-order valence-corrected chi connectivity index (χ1v) is 10.3. The van der Waals surface area contributed by atoms with Crippen LogP contribution in [0.2, 0.25) is 0 Å². The molecule has 0 aliphatic heterocycles. The number of benzene rings is 2. The van der Waals surface area contributed by atoms with Crippen molar-refractivity contribution in [3.05, 3.63) is 60.4 Å². The lowest BCUT2D eigenvalue weighted by Crippen LogP contribution is -2.12. The van der Waals surface area contributed by atoms with Crippen molar-refractivity contribution in [3.8, 4) is 0 Å². The monoisotopic (exact) mass is 409 g/mol. The molecule has 9 nitrogen and oxygen atoms in total. The van der Waals surface area contributed by atoms with Gasteiger partial charge in [0.25, 0.3) is 0 Å². The van der Waals surface area contributed by atoms with Gasteiger partial charge in [-0.25, -0.2) is 18.5 Å². The molecule has 4 N–H and O–H groups in total. The number of hydrogen-bond donors (Lipinski definition) is 3. The lowest BCUT2D eigenvalue weighted by molar-refractivity contribution is 0.598. The fraction of sp³-hybridized carbons (Fsp3) is 0.105. The first kappa shape index (κ1) is 18.8. The molecule has 2 aromatic carbocycles. The molecule has 0 aliphatic carbocycles. The van der Waals surface area contributed by atoms with Gasteiger partial charge in [-0.05, 0) is 43.3 Å². The highest BCUT2D eigenvalue weighted by Crippen LogP contribution is 2.24. The van der Waals surface area contributed by atoms with Gasteiger partial charge in [0.05, 0.1) is 16.6 Å². The van der Waals surface area contributed by atoms with E-state index in [2.05, 4.69) is 25.7 Å². The summed E-state index contributed by atoms with van der Waals surface area (Å²) < 4.78 is 24.9. The summed E-state index contributed by atoms with van der Waals surface area (Å²) in [5, 5.41) is 16.8. The van der Waals surface area contributed by atoms with Crippen molar-refractivity contribution in [1.82, 2.24) is 19.7 Å². The molecule has 0 amide bonds. The first-order chi connectivity index (χ1) is 13.8. The van der Waals surface area contributed by atoms with Crippen LogP contribution in [0, 0.1) is 6.92 Å². The summed E-state index contributed by atoms with van der Waals surface area (Å²) in [6.07, 6.45) is 3.50. The Hall–Kier alpha value is -3.50. The van der Waals surface area contributed by atoms with Gasteiger partial charge in [-0.1, -0.05) is 6.07 Å². The molecule has 2 aromatic heterocycles. The predicted molar refractivity (Wildman–Crippen MR) is 112 cm³/mol. The number of sulfonamides is 1. The zero-order chi connectivity index (χ0) is 20.6. The van der Waals surface area contributed by atoms with Crippen molar-refractivity contribution in [1.29, 1.82) is 0 Å². The van der Waals surface area contributed by atoms with Crippen LogP contribution in [0.3, 0.4) is 0 Å². The number of hydrogen-bond acceptors (Lipinski definition) is 7. The normalized spacial score (nSPS) is 11.6. The average Bonchev–Trinajstić information content (AvgIpc) is 3.05. The Morgan fingerprint density at radius 1 is 1.03 bits per heavy atom. The van der Waals surface area contributed by atoms with Crippen molar-refractivity contribution in [2.45, 2.75) is 11.8 Å². The minimum absolute atomic E-state index is 0.0115. The third kappa shape index (κ3) is 4.03. The summed E-state index contributed by atoms with van der Waals surface area (Å²) in [5.41, 5.74) is 3.24. The molecule has 0 saturated heterocycles. The second-order valence-electron chi connectivity index (χ2n) is 6.59. The summed E-state index contributed by atoms with van der Waals surface area (Å²) in [6.45, 7) is 1.90. The fourth-order valence-corrected chi connectivity index (χ4v) is 3.43. The van der Waals surface area contributed by atoms with E-state index in [9.17, 15) is 8.42 Å². The Bertz CT molecular complexity index is 1320. The molecule has 0 atom stereocenters. The Balaban J connectivity index is 1.61. The van der Waals surface area contributed by atoms with Gasteiger partial charge in [-0.2, -0.15) is 10.1 Å². The maximum atomic E-state index is 11.5. The Morgan fingerprint density at radius 3 is 2.62 bits per heavy atom. The molecule has 0 spiro atoms. The predicted octanol–water partition coefficient (Wildman–Crippen LogP) is 2.81. The topological polar surface area (TPSA) is 128 Å². The number of aryl methyl sites for hydroxylation is 2. The van der Waals surface area contributed by atoms with E-state index in [4.69, 9.17) is 5.14 Å². The smallest absolute Gasteiger partial charge is 0.238 e. The molecule has 4 aromatic rings. The van der Waals surface area contributed by atoms with Crippen LogP contribution >= 0.6 is 0 Å². The van der Waals surface area contributed by atoms with Gasteiger partial charge in [0.1, 0.15) is 5.82 Å². The van der Waals surface area contributed by atoms with E-state index < -0.39 is 10.0 Å². The van der Waals surface area contributed by atoms with E-state index in [0.717, 1.165) is 22.2 Å².